The molecular formula is C14H20ClNO2. The topological polar surface area (TPSA) is 44.5 Å². The third-order valence-corrected chi connectivity index (χ3v) is 3.64. The number of rotatable bonds is 5. The van der Waals surface area contributed by atoms with Gasteiger partial charge < -0.3 is 15.2 Å². The van der Waals surface area contributed by atoms with Crippen molar-refractivity contribution >= 4 is 11.6 Å². The third-order valence-electron chi connectivity index (χ3n) is 3.30. The Morgan fingerprint density at radius 1 is 1.50 bits per heavy atom. The molecule has 18 heavy (non-hydrogen) atoms. The highest BCUT2D eigenvalue weighted by molar-refractivity contribution is 6.31. The third kappa shape index (κ3) is 3.23. The summed E-state index contributed by atoms with van der Waals surface area (Å²) >= 11 is 6.24. The summed E-state index contributed by atoms with van der Waals surface area (Å²) in [5.74, 6) is 0. The van der Waals surface area contributed by atoms with E-state index in [4.69, 9.17) is 26.8 Å². The van der Waals surface area contributed by atoms with Crippen LogP contribution in [0, 0.1) is 0 Å². The molecule has 0 amide bonds. The van der Waals surface area contributed by atoms with Gasteiger partial charge in [-0.15, -0.1) is 0 Å². The van der Waals surface area contributed by atoms with Gasteiger partial charge in [-0.05, 0) is 18.9 Å². The van der Waals surface area contributed by atoms with Crippen LogP contribution in [0.2, 0.25) is 5.02 Å². The quantitative estimate of drug-likeness (QED) is 0.894. The molecule has 2 N–H and O–H groups in total. The van der Waals surface area contributed by atoms with Crippen LogP contribution in [-0.2, 0) is 9.47 Å². The highest BCUT2D eigenvalue weighted by Crippen LogP contribution is 2.30. The van der Waals surface area contributed by atoms with Gasteiger partial charge in [-0.3, -0.25) is 0 Å². The van der Waals surface area contributed by atoms with E-state index in [0.29, 0.717) is 11.6 Å². The predicted molar refractivity (Wildman–Crippen MR) is 72.8 cm³/mol. The van der Waals surface area contributed by atoms with Gasteiger partial charge in [0.2, 0.25) is 0 Å². The molecule has 3 unspecified atom stereocenters. The SMILES string of the molecule is CCC(N)C(OC1CCOC1)c1ccccc1Cl. The first-order valence-corrected chi connectivity index (χ1v) is 6.83. The predicted octanol–water partition coefficient (Wildman–Crippen LogP) is 2.92. The highest BCUT2D eigenvalue weighted by Gasteiger charge is 2.27. The van der Waals surface area contributed by atoms with E-state index in [0.717, 1.165) is 25.0 Å². The molecule has 1 fully saturated rings. The molecule has 1 aliphatic rings. The van der Waals surface area contributed by atoms with Gasteiger partial charge in [-0.1, -0.05) is 36.7 Å². The lowest BCUT2D eigenvalue weighted by Crippen LogP contribution is -2.32. The van der Waals surface area contributed by atoms with Gasteiger partial charge in [-0.25, -0.2) is 0 Å². The fourth-order valence-electron chi connectivity index (χ4n) is 2.15. The monoisotopic (exact) mass is 269 g/mol. The average Bonchev–Trinajstić information content (AvgIpc) is 2.89. The molecule has 0 bridgehead atoms. The van der Waals surface area contributed by atoms with Crippen molar-refractivity contribution in [1.82, 2.24) is 0 Å². The van der Waals surface area contributed by atoms with Crippen LogP contribution in [0.25, 0.3) is 0 Å². The van der Waals surface area contributed by atoms with Crippen LogP contribution in [-0.4, -0.2) is 25.4 Å². The van der Waals surface area contributed by atoms with Gasteiger partial charge >= 0.3 is 0 Å². The molecule has 1 aliphatic heterocycles. The second-order valence-electron chi connectivity index (χ2n) is 4.64. The Bertz CT molecular complexity index is 380. The average molecular weight is 270 g/mol. The lowest BCUT2D eigenvalue weighted by atomic mass is 10.0. The van der Waals surface area contributed by atoms with E-state index in [1.165, 1.54) is 0 Å². The minimum Gasteiger partial charge on any atom is -0.379 e. The normalized spacial score (nSPS) is 22.9. The summed E-state index contributed by atoms with van der Waals surface area (Å²) in [5.41, 5.74) is 7.14. The van der Waals surface area contributed by atoms with E-state index in [1.807, 2.05) is 24.3 Å². The van der Waals surface area contributed by atoms with Gasteiger partial charge in [0.05, 0.1) is 18.8 Å². The number of hydrogen-bond donors (Lipinski definition) is 1. The van der Waals surface area contributed by atoms with E-state index in [9.17, 15) is 0 Å². The second-order valence-corrected chi connectivity index (χ2v) is 5.04. The maximum atomic E-state index is 6.24. The highest BCUT2D eigenvalue weighted by atomic mass is 35.5. The molecule has 1 aromatic rings. The number of ether oxygens (including phenoxy) is 2. The fourth-order valence-corrected chi connectivity index (χ4v) is 2.40. The van der Waals surface area contributed by atoms with Gasteiger partial charge in [0, 0.05) is 23.2 Å². The van der Waals surface area contributed by atoms with Crippen LogP contribution in [0.4, 0.5) is 0 Å². The Balaban J connectivity index is 2.16. The van der Waals surface area contributed by atoms with Crippen molar-refractivity contribution in [1.29, 1.82) is 0 Å². The minimum atomic E-state index is -0.157. The van der Waals surface area contributed by atoms with E-state index < -0.39 is 0 Å². The molecule has 0 spiro atoms. The fraction of sp³-hybridized carbons (Fsp3) is 0.571. The van der Waals surface area contributed by atoms with Crippen LogP contribution in [0.3, 0.4) is 0 Å². The van der Waals surface area contributed by atoms with Crippen molar-refractivity contribution in [3.63, 3.8) is 0 Å². The standard InChI is InChI=1S/C14H20ClNO2/c1-2-13(16)14(18-10-7-8-17-9-10)11-5-3-4-6-12(11)15/h3-6,10,13-14H,2,7-9,16H2,1H3. The number of hydrogen-bond acceptors (Lipinski definition) is 3. The van der Waals surface area contributed by atoms with Gasteiger partial charge in [0.1, 0.15) is 0 Å². The summed E-state index contributed by atoms with van der Waals surface area (Å²) in [6.45, 7) is 3.47. The van der Waals surface area contributed by atoms with E-state index in [-0.39, 0.29) is 18.2 Å². The number of nitrogens with two attached hydrogens (primary N) is 1. The summed E-state index contributed by atoms with van der Waals surface area (Å²) < 4.78 is 11.4. The van der Waals surface area contributed by atoms with Crippen molar-refractivity contribution in [3.05, 3.63) is 34.9 Å². The first-order valence-electron chi connectivity index (χ1n) is 6.45. The van der Waals surface area contributed by atoms with E-state index in [1.54, 1.807) is 0 Å². The summed E-state index contributed by atoms with van der Waals surface area (Å²) in [5, 5.41) is 0.713. The molecule has 2 rings (SSSR count). The smallest absolute Gasteiger partial charge is 0.0994 e. The summed E-state index contributed by atoms with van der Waals surface area (Å²) in [6.07, 6.45) is 1.75. The van der Waals surface area contributed by atoms with Gasteiger partial charge in [-0.2, -0.15) is 0 Å². The maximum absolute atomic E-state index is 6.24. The maximum Gasteiger partial charge on any atom is 0.0994 e. The molecule has 0 radical (unpaired) electrons. The van der Waals surface area contributed by atoms with Gasteiger partial charge in [0.25, 0.3) is 0 Å². The van der Waals surface area contributed by atoms with Crippen molar-refractivity contribution < 1.29 is 9.47 Å². The molecular weight excluding hydrogens is 250 g/mol. The lowest BCUT2D eigenvalue weighted by molar-refractivity contribution is -0.0300. The summed E-state index contributed by atoms with van der Waals surface area (Å²) in [4.78, 5) is 0. The Kier molecular flexibility index (Phi) is 5.01. The van der Waals surface area contributed by atoms with Crippen molar-refractivity contribution in [2.45, 2.75) is 38.0 Å². The first kappa shape index (κ1) is 13.8. The largest absolute Gasteiger partial charge is 0.379 e. The number of halogens is 1. The molecule has 100 valence electrons. The van der Waals surface area contributed by atoms with Crippen LogP contribution in [0.5, 0.6) is 0 Å². The summed E-state index contributed by atoms with van der Waals surface area (Å²) in [6, 6.07) is 7.69. The lowest BCUT2D eigenvalue weighted by Gasteiger charge is -2.27. The molecule has 0 saturated carbocycles. The molecule has 0 aromatic heterocycles. The molecule has 1 saturated heterocycles. The zero-order chi connectivity index (χ0) is 13.0. The zero-order valence-corrected chi connectivity index (χ0v) is 11.4. The Morgan fingerprint density at radius 2 is 2.28 bits per heavy atom. The molecule has 1 aromatic carbocycles. The molecule has 1 heterocycles. The van der Waals surface area contributed by atoms with Crippen LogP contribution < -0.4 is 5.73 Å². The number of benzene rings is 1. The van der Waals surface area contributed by atoms with Crippen LogP contribution in [0.1, 0.15) is 31.4 Å². The molecule has 0 aliphatic carbocycles. The molecule has 3 atom stereocenters. The van der Waals surface area contributed by atoms with E-state index >= 15 is 0 Å². The first-order chi connectivity index (χ1) is 8.72. The van der Waals surface area contributed by atoms with Gasteiger partial charge in [0.15, 0.2) is 0 Å². The molecule has 4 heteroatoms. The Morgan fingerprint density at radius 3 is 2.89 bits per heavy atom. The second kappa shape index (κ2) is 6.53. The Labute approximate surface area is 113 Å². The van der Waals surface area contributed by atoms with Crippen molar-refractivity contribution in [2.24, 2.45) is 5.73 Å². The minimum absolute atomic E-state index is 0.0505. The Hall–Kier alpha value is -0.610. The summed E-state index contributed by atoms with van der Waals surface area (Å²) in [7, 11) is 0. The van der Waals surface area contributed by atoms with E-state index in [2.05, 4.69) is 6.92 Å². The zero-order valence-electron chi connectivity index (χ0n) is 10.6. The molecule has 3 nitrogen and oxygen atoms in total. The van der Waals surface area contributed by atoms with Crippen molar-refractivity contribution in [3.8, 4) is 0 Å². The van der Waals surface area contributed by atoms with Crippen molar-refractivity contribution in [2.75, 3.05) is 13.2 Å². The van der Waals surface area contributed by atoms with Crippen LogP contribution >= 0.6 is 11.6 Å². The van der Waals surface area contributed by atoms with Crippen LogP contribution in [0.15, 0.2) is 24.3 Å².